The first-order valence-electron chi connectivity index (χ1n) is 7.89. The number of hydrogen-bond acceptors (Lipinski definition) is 6. The summed E-state index contributed by atoms with van der Waals surface area (Å²) in [4.78, 5) is 12.0. The molecule has 1 aromatic heterocycles. The van der Waals surface area contributed by atoms with Crippen molar-refractivity contribution in [1.82, 2.24) is 14.9 Å². The minimum absolute atomic E-state index is 0.0244. The molecule has 0 atom stereocenters. The molecule has 3 aromatic rings. The van der Waals surface area contributed by atoms with E-state index in [2.05, 4.69) is 20.2 Å². The largest absolute Gasteiger partial charge is 0.300 e. The van der Waals surface area contributed by atoms with E-state index < -0.39 is 10.0 Å². The molecule has 2 aromatic carbocycles. The summed E-state index contributed by atoms with van der Waals surface area (Å²) in [7, 11) is -3.78. The minimum atomic E-state index is -3.78. The van der Waals surface area contributed by atoms with Crippen molar-refractivity contribution in [1.29, 1.82) is 0 Å². The summed E-state index contributed by atoms with van der Waals surface area (Å²) in [6, 6.07) is 15.6. The van der Waals surface area contributed by atoms with Crippen molar-refractivity contribution in [2.24, 2.45) is 0 Å². The summed E-state index contributed by atoms with van der Waals surface area (Å²) in [6.45, 7) is -0.0657. The SMILES string of the molecule is O=C(CCNS(=O)(=O)c1ccccc1Cl)Nc1nnc(-c2ccccc2)s1. The molecule has 0 saturated carbocycles. The first kappa shape index (κ1) is 19.4. The van der Waals surface area contributed by atoms with Crippen LogP contribution in [0.5, 0.6) is 0 Å². The summed E-state index contributed by atoms with van der Waals surface area (Å²) in [6.07, 6.45) is -0.0517. The third kappa shape index (κ3) is 5.10. The zero-order chi connectivity index (χ0) is 19.3. The molecule has 0 bridgehead atoms. The standard InChI is InChI=1S/C17H15ClN4O3S2/c18-13-8-4-5-9-14(13)27(24,25)19-11-10-15(23)20-17-22-21-16(26-17)12-6-2-1-3-7-12/h1-9,19H,10-11H2,(H,20,22,23). The van der Waals surface area contributed by atoms with Crippen LogP contribution < -0.4 is 10.0 Å². The second-order valence-electron chi connectivity index (χ2n) is 5.40. The first-order valence-corrected chi connectivity index (χ1v) is 10.6. The van der Waals surface area contributed by atoms with E-state index in [1.54, 1.807) is 12.1 Å². The molecular weight excluding hydrogens is 408 g/mol. The fourth-order valence-electron chi connectivity index (χ4n) is 2.19. The third-order valence-electron chi connectivity index (χ3n) is 3.46. The first-order chi connectivity index (χ1) is 13.0. The van der Waals surface area contributed by atoms with Crippen LogP contribution in [0.1, 0.15) is 6.42 Å². The van der Waals surface area contributed by atoms with Crippen molar-refractivity contribution in [3.63, 3.8) is 0 Å². The lowest BCUT2D eigenvalue weighted by atomic mass is 10.2. The van der Waals surface area contributed by atoms with E-state index in [-0.39, 0.29) is 28.8 Å². The quantitative estimate of drug-likeness (QED) is 0.609. The Hall–Kier alpha value is -2.33. The van der Waals surface area contributed by atoms with E-state index in [4.69, 9.17) is 11.6 Å². The molecule has 0 aliphatic rings. The van der Waals surface area contributed by atoms with Crippen LogP contribution in [-0.4, -0.2) is 31.1 Å². The molecule has 0 fully saturated rings. The maximum absolute atomic E-state index is 12.2. The van der Waals surface area contributed by atoms with Gasteiger partial charge < -0.3 is 5.32 Å². The lowest BCUT2D eigenvalue weighted by Gasteiger charge is -2.07. The Labute approximate surface area is 165 Å². The molecule has 10 heteroatoms. The molecule has 0 aliphatic carbocycles. The molecule has 2 N–H and O–H groups in total. The fraction of sp³-hybridized carbons (Fsp3) is 0.118. The smallest absolute Gasteiger partial charge is 0.242 e. The van der Waals surface area contributed by atoms with Crippen molar-refractivity contribution < 1.29 is 13.2 Å². The molecule has 0 radical (unpaired) electrons. The molecule has 0 unspecified atom stereocenters. The van der Waals surface area contributed by atoms with Crippen LogP contribution in [0, 0.1) is 0 Å². The molecule has 0 aliphatic heterocycles. The van der Waals surface area contributed by atoms with Gasteiger partial charge in [-0.3, -0.25) is 4.79 Å². The predicted octanol–water partition coefficient (Wildman–Crippen LogP) is 3.17. The average Bonchev–Trinajstić information content (AvgIpc) is 3.11. The van der Waals surface area contributed by atoms with E-state index in [1.807, 2.05) is 30.3 Å². The number of sulfonamides is 1. The number of amides is 1. The van der Waals surface area contributed by atoms with Gasteiger partial charge in [0.25, 0.3) is 0 Å². The second-order valence-corrected chi connectivity index (χ2v) is 8.52. The van der Waals surface area contributed by atoms with E-state index >= 15 is 0 Å². The number of aromatic nitrogens is 2. The third-order valence-corrected chi connectivity index (χ3v) is 6.31. The number of nitrogens with one attached hydrogen (secondary N) is 2. The van der Waals surface area contributed by atoms with Gasteiger partial charge in [-0.1, -0.05) is 65.4 Å². The molecule has 0 saturated heterocycles. The van der Waals surface area contributed by atoms with Gasteiger partial charge >= 0.3 is 0 Å². The van der Waals surface area contributed by atoms with Crippen molar-refractivity contribution in [2.75, 3.05) is 11.9 Å². The molecule has 7 nitrogen and oxygen atoms in total. The zero-order valence-electron chi connectivity index (χ0n) is 13.9. The Kier molecular flexibility index (Phi) is 6.17. The highest BCUT2D eigenvalue weighted by atomic mass is 35.5. The molecular formula is C17H15ClN4O3S2. The summed E-state index contributed by atoms with van der Waals surface area (Å²) in [5.74, 6) is -0.368. The van der Waals surface area contributed by atoms with Crippen LogP contribution in [0.2, 0.25) is 5.02 Å². The van der Waals surface area contributed by atoms with Gasteiger partial charge in [0.2, 0.25) is 21.1 Å². The zero-order valence-corrected chi connectivity index (χ0v) is 16.3. The van der Waals surface area contributed by atoms with Gasteiger partial charge in [-0.15, -0.1) is 10.2 Å². The van der Waals surface area contributed by atoms with Crippen molar-refractivity contribution >= 4 is 44.0 Å². The van der Waals surface area contributed by atoms with Gasteiger partial charge in [-0.05, 0) is 12.1 Å². The summed E-state index contributed by atoms with van der Waals surface area (Å²) in [5, 5.41) is 11.7. The van der Waals surface area contributed by atoms with E-state index in [0.717, 1.165) is 5.56 Å². The summed E-state index contributed by atoms with van der Waals surface area (Å²) >= 11 is 7.14. The van der Waals surface area contributed by atoms with Gasteiger partial charge in [0.1, 0.15) is 9.90 Å². The van der Waals surface area contributed by atoms with Crippen LogP contribution in [0.4, 0.5) is 5.13 Å². The van der Waals surface area contributed by atoms with Gasteiger partial charge in [-0.25, -0.2) is 13.1 Å². The highest BCUT2D eigenvalue weighted by molar-refractivity contribution is 7.89. The number of halogens is 1. The molecule has 3 rings (SSSR count). The lowest BCUT2D eigenvalue weighted by molar-refractivity contribution is -0.116. The molecule has 1 amide bonds. The Morgan fingerprint density at radius 1 is 1.04 bits per heavy atom. The second kappa shape index (κ2) is 8.57. The summed E-state index contributed by atoms with van der Waals surface area (Å²) < 4.78 is 26.8. The Balaban J connectivity index is 1.53. The number of carbonyl (C=O) groups excluding carboxylic acids is 1. The van der Waals surface area contributed by atoms with Gasteiger partial charge in [0.05, 0.1) is 5.02 Å². The Bertz CT molecular complexity index is 1040. The number of rotatable bonds is 7. The normalized spacial score (nSPS) is 11.3. The minimum Gasteiger partial charge on any atom is -0.300 e. The van der Waals surface area contributed by atoms with Crippen molar-refractivity contribution in [3.05, 3.63) is 59.6 Å². The van der Waals surface area contributed by atoms with Crippen molar-refractivity contribution in [3.8, 4) is 10.6 Å². The Morgan fingerprint density at radius 2 is 1.74 bits per heavy atom. The highest BCUT2D eigenvalue weighted by Gasteiger charge is 2.17. The summed E-state index contributed by atoms with van der Waals surface area (Å²) in [5.41, 5.74) is 0.906. The van der Waals surface area contributed by atoms with Gasteiger partial charge in [0.15, 0.2) is 0 Å². The lowest BCUT2D eigenvalue weighted by Crippen LogP contribution is -2.28. The maximum atomic E-state index is 12.2. The number of carbonyl (C=O) groups is 1. The highest BCUT2D eigenvalue weighted by Crippen LogP contribution is 2.26. The molecule has 27 heavy (non-hydrogen) atoms. The van der Waals surface area contributed by atoms with Crippen LogP contribution in [0.15, 0.2) is 59.5 Å². The van der Waals surface area contributed by atoms with Crippen LogP contribution in [0.3, 0.4) is 0 Å². The van der Waals surface area contributed by atoms with Crippen LogP contribution >= 0.6 is 22.9 Å². The van der Waals surface area contributed by atoms with Crippen LogP contribution in [-0.2, 0) is 14.8 Å². The number of nitrogens with zero attached hydrogens (tertiary/aromatic N) is 2. The monoisotopic (exact) mass is 422 g/mol. The van der Waals surface area contributed by atoms with E-state index in [9.17, 15) is 13.2 Å². The molecule has 1 heterocycles. The number of anilines is 1. The van der Waals surface area contributed by atoms with Gasteiger partial charge in [-0.2, -0.15) is 0 Å². The number of hydrogen-bond donors (Lipinski definition) is 2. The molecule has 0 spiro atoms. The maximum Gasteiger partial charge on any atom is 0.242 e. The average molecular weight is 423 g/mol. The van der Waals surface area contributed by atoms with E-state index in [1.165, 1.54) is 23.5 Å². The fourth-order valence-corrected chi connectivity index (χ4v) is 4.51. The van der Waals surface area contributed by atoms with Crippen LogP contribution in [0.25, 0.3) is 10.6 Å². The topological polar surface area (TPSA) is 101 Å². The number of benzene rings is 2. The predicted molar refractivity (Wildman–Crippen MR) is 105 cm³/mol. The Morgan fingerprint density at radius 3 is 2.48 bits per heavy atom. The van der Waals surface area contributed by atoms with Crippen molar-refractivity contribution in [2.45, 2.75) is 11.3 Å². The van der Waals surface area contributed by atoms with E-state index in [0.29, 0.717) is 10.1 Å². The molecule has 140 valence electrons. The van der Waals surface area contributed by atoms with Gasteiger partial charge in [0, 0.05) is 18.5 Å².